The number of non-ortho nitro benzene ring substituents is 1. The fourth-order valence-electron chi connectivity index (χ4n) is 2.29. The summed E-state index contributed by atoms with van der Waals surface area (Å²) >= 11 is 0. The summed E-state index contributed by atoms with van der Waals surface area (Å²) in [6.07, 6.45) is 1.47. The van der Waals surface area contributed by atoms with E-state index in [1.165, 1.54) is 18.3 Å². The Hall–Kier alpha value is -2.34. The van der Waals surface area contributed by atoms with Crippen LogP contribution in [0.25, 0.3) is 0 Å². The SMILES string of the molecule is Cc1cc(C)c(S(=O)/N=C/c2ccc([N+](=O)[O-])cc2)c(C)c1. The third-order valence-electron chi connectivity index (χ3n) is 3.18. The minimum absolute atomic E-state index is 0.0171. The fourth-order valence-corrected chi connectivity index (χ4v) is 3.28. The van der Waals surface area contributed by atoms with Gasteiger partial charge in [0.25, 0.3) is 5.69 Å². The van der Waals surface area contributed by atoms with Gasteiger partial charge in [0.05, 0.1) is 9.82 Å². The second kappa shape index (κ2) is 6.62. The van der Waals surface area contributed by atoms with E-state index in [1.54, 1.807) is 12.1 Å². The van der Waals surface area contributed by atoms with Gasteiger partial charge in [0.2, 0.25) is 0 Å². The minimum Gasteiger partial charge on any atom is -0.258 e. The molecular formula is C16H16N2O3S. The molecule has 0 N–H and O–H groups in total. The Morgan fingerprint density at radius 1 is 1.09 bits per heavy atom. The maximum absolute atomic E-state index is 12.4. The van der Waals surface area contributed by atoms with Gasteiger partial charge in [-0.25, -0.2) is 4.21 Å². The third-order valence-corrected chi connectivity index (χ3v) is 4.47. The number of hydrogen-bond acceptors (Lipinski definition) is 3. The molecule has 0 bridgehead atoms. The van der Waals surface area contributed by atoms with Gasteiger partial charge in [-0.15, -0.1) is 0 Å². The van der Waals surface area contributed by atoms with E-state index in [1.807, 2.05) is 32.9 Å². The summed E-state index contributed by atoms with van der Waals surface area (Å²) < 4.78 is 16.4. The Kier molecular flexibility index (Phi) is 4.82. The maximum Gasteiger partial charge on any atom is 0.269 e. The molecule has 0 radical (unpaired) electrons. The van der Waals surface area contributed by atoms with Crippen LogP contribution in [-0.4, -0.2) is 15.3 Å². The van der Waals surface area contributed by atoms with Crippen molar-refractivity contribution in [3.8, 4) is 0 Å². The summed E-state index contributed by atoms with van der Waals surface area (Å²) in [4.78, 5) is 10.8. The second-order valence-corrected chi connectivity index (χ2v) is 6.18. The van der Waals surface area contributed by atoms with Crippen LogP contribution in [0.2, 0.25) is 0 Å². The van der Waals surface area contributed by atoms with Crippen molar-refractivity contribution in [2.24, 2.45) is 4.40 Å². The monoisotopic (exact) mass is 316 g/mol. The molecule has 2 rings (SSSR count). The van der Waals surface area contributed by atoms with Crippen molar-refractivity contribution in [3.05, 3.63) is 68.8 Å². The molecule has 2 aromatic rings. The molecule has 6 heteroatoms. The van der Waals surface area contributed by atoms with Crippen molar-refractivity contribution in [2.45, 2.75) is 25.7 Å². The van der Waals surface area contributed by atoms with Crippen molar-refractivity contribution in [1.82, 2.24) is 0 Å². The zero-order valence-corrected chi connectivity index (χ0v) is 13.4. The van der Waals surface area contributed by atoms with Gasteiger partial charge in [-0.1, -0.05) is 17.7 Å². The van der Waals surface area contributed by atoms with Crippen LogP contribution < -0.4 is 0 Å². The Morgan fingerprint density at radius 3 is 2.14 bits per heavy atom. The van der Waals surface area contributed by atoms with Crippen LogP contribution in [0, 0.1) is 30.9 Å². The summed E-state index contributed by atoms with van der Waals surface area (Å²) in [5.74, 6) is 0. The van der Waals surface area contributed by atoms with Crippen LogP contribution in [0.3, 0.4) is 0 Å². The van der Waals surface area contributed by atoms with Gasteiger partial charge in [0.15, 0.2) is 11.0 Å². The third kappa shape index (κ3) is 3.65. The van der Waals surface area contributed by atoms with Gasteiger partial charge in [0.1, 0.15) is 0 Å². The molecule has 114 valence electrons. The first-order valence-electron chi connectivity index (χ1n) is 6.67. The van der Waals surface area contributed by atoms with Crippen LogP contribution in [0.15, 0.2) is 45.7 Å². The average Bonchev–Trinajstić information content (AvgIpc) is 2.44. The summed E-state index contributed by atoms with van der Waals surface area (Å²) in [6.45, 7) is 5.82. The number of nitro benzene ring substituents is 1. The average molecular weight is 316 g/mol. The Morgan fingerprint density at radius 2 is 1.64 bits per heavy atom. The van der Waals surface area contributed by atoms with Crippen molar-refractivity contribution in [3.63, 3.8) is 0 Å². The quantitative estimate of drug-likeness (QED) is 0.491. The van der Waals surface area contributed by atoms with Gasteiger partial charge in [-0.05, 0) is 49.6 Å². The van der Waals surface area contributed by atoms with E-state index in [0.29, 0.717) is 10.5 Å². The molecule has 0 heterocycles. The van der Waals surface area contributed by atoms with Crippen molar-refractivity contribution in [1.29, 1.82) is 0 Å². The van der Waals surface area contributed by atoms with E-state index in [-0.39, 0.29) is 5.69 Å². The first kappa shape index (κ1) is 16.0. The van der Waals surface area contributed by atoms with E-state index >= 15 is 0 Å². The van der Waals surface area contributed by atoms with Gasteiger partial charge < -0.3 is 0 Å². The lowest BCUT2D eigenvalue weighted by atomic mass is 10.1. The van der Waals surface area contributed by atoms with E-state index in [0.717, 1.165) is 16.7 Å². The molecular weight excluding hydrogens is 300 g/mol. The molecule has 1 atom stereocenters. The lowest BCUT2D eigenvalue weighted by Gasteiger charge is -2.07. The second-order valence-electron chi connectivity index (χ2n) is 5.06. The van der Waals surface area contributed by atoms with Crippen LogP contribution in [0.5, 0.6) is 0 Å². The number of aryl methyl sites for hydroxylation is 3. The number of nitrogens with zero attached hydrogens (tertiary/aromatic N) is 2. The zero-order valence-electron chi connectivity index (χ0n) is 12.6. The molecule has 0 aliphatic heterocycles. The predicted molar refractivity (Wildman–Crippen MR) is 87.8 cm³/mol. The number of rotatable bonds is 4. The van der Waals surface area contributed by atoms with Crippen molar-refractivity contribution < 1.29 is 9.13 Å². The lowest BCUT2D eigenvalue weighted by Crippen LogP contribution is -1.97. The number of benzene rings is 2. The van der Waals surface area contributed by atoms with E-state index in [2.05, 4.69) is 4.40 Å². The summed E-state index contributed by atoms with van der Waals surface area (Å²) in [6, 6.07) is 9.89. The van der Waals surface area contributed by atoms with Gasteiger partial charge in [0, 0.05) is 18.3 Å². The molecule has 2 aromatic carbocycles. The normalized spacial score (nSPS) is 12.5. The largest absolute Gasteiger partial charge is 0.269 e. The number of hydrogen-bond donors (Lipinski definition) is 0. The van der Waals surface area contributed by atoms with E-state index in [4.69, 9.17) is 0 Å². The zero-order chi connectivity index (χ0) is 16.3. The molecule has 0 saturated carbocycles. The first-order chi connectivity index (χ1) is 10.4. The molecule has 22 heavy (non-hydrogen) atoms. The standard InChI is InChI=1S/C16H16N2O3S/c1-11-8-12(2)16(13(3)9-11)22(21)17-10-14-4-6-15(7-5-14)18(19)20/h4-10H,1-3H3/b17-10+. The van der Waals surface area contributed by atoms with Crippen LogP contribution in [0.4, 0.5) is 5.69 Å². The highest BCUT2D eigenvalue weighted by Crippen LogP contribution is 2.21. The van der Waals surface area contributed by atoms with Gasteiger partial charge in [-0.2, -0.15) is 4.40 Å². The molecule has 0 aliphatic rings. The van der Waals surface area contributed by atoms with Crippen LogP contribution >= 0.6 is 0 Å². The van der Waals surface area contributed by atoms with Crippen LogP contribution in [0.1, 0.15) is 22.3 Å². The minimum atomic E-state index is -1.49. The van der Waals surface area contributed by atoms with Crippen molar-refractivity contribution in [2.75, 3.05) is 0 Å². The molecule has 1 unspecified atom stereocenters. The maximum atomic E-state index is 12.4. The van der Waals surface area contributed by atoms with E-state index < -0.39 is 15.9 Å². The molecule has 0 spiro atoms. The van der Waals surface area contributed by atoms with Gasteiger partial charge >= 0.3 is 0 Å². The first-order valence-corrected chi connectivity index (χ1v) is 7.77. The molecule has 0 fully saturated rings. The fraction of sp³-hybridized carbons (Fsp3) is 0.188. The summed E-state index contributed by atoms with van der Waals surface area (Å²) in [5.41, 5.74) is 3.69. The highest BCUT2D eigenvalue weighted by atomic mass is 32.2. The van der Waals surface area contributed by atoms with E-state index in [9.17, 15) is 14.3 Å². The molecule has 0 aromatic heterocycles. The van der Waals surface area contributed by atoms with Crippen LogP contribution in [-0.2, 0) is 11.0 Å². The van der Waals surface area contributed by atoms with Crippen molar-refractivity contribution >= 4 is 22.9 Å². The predicted octanol–water partition coefficient (Wildman–Crippen LogP) is 3.66. The summed E-state index contributed by atoms with van der Waals surface area (Å²) in [7, 11) is -1.49. The van der Waals surface area contributed by atoms with Gasteiger partial charge in [-0.3, -0.25) is 10.1 Å². The molecule has 5 nitrogen and oxygen atoms in total. The Balaban J connectivity index is 2.23. The number of nitro groups is 1. The molecule has 0 saturated heterocycles. The highest BCUT2D eigenvalue weighted by molar-refractivity contribution is 7.84. The Bertz CT molecular complexity index is 744. The smallest absolute Gasteiger partial charge is 0.258 e. The topological polar surface area (TPSA) is 72.6 Å². The highest BCUT2D eigenvalue weighted by Gasteiger charge is 2.10. The lowest BCUT2D eigenvalue weighted by molar-refractivity contribution is -0.384. The molecule has 0 aliphatic carbocycles. The Labute approximate surface area is 131 Å². The molecule has 0 amide bonds. The summed E-state index contributed by atoms with van der Waals surface area (Å²) in [5, 5.41) is 10.6.